The van der Waals surface area contributed by atoms with Gasteiger partial charge in [-0.1, -0.05) is 0 Å². The molecule has 0 heterocycles. The minimum absolute atomic E-state index is 0. The van der Waals surface area contributed by atoms with Crippen LogP contribution in [0.15, 0.2) is 0 Å². The van der Waals surface area contributed by atoms with Gasteiger partial charge in [0, 0.05) is 0 Å². The summed E-state index contributed by atoms with van der Waals surface area (Å²) in [5, 5.41) is 0. The third-order valence-corrected chi connectivity index (χ3v) is 0. The van der Waals surface area contributed by atoms with Crippen LogP contribution in [-0.4, -0.2) is 182 Å². The van der Waals surface area contributed by atoms with Crippen LogP contribution in [-0.2, 0) is 0 Å². The van der Waals surface area contributed by atoms with Crippen molar-refractivity contribution in [2.75, 3.05) is 0 Å². The third kappa shape index (κ3) is 44.2. The van der Waals surface area contributed by atoms with E-state index in [1.54, 1.807) is 0 Å². The molecule has 0 aliphatic carbocycles. The van der Waals surface area contributed by atoms with Gasteiger partial charge in [0.25, 0.3) is 0 Å². The van der Waals surface area contributed by atoms with Crippen molar-refractivity contribution in [1.29, 1.82) is 0 Å². The van der Waals surface area contributed by atoms with E-state index in [4.69, 9.17) is 19.2 Å². The van der Waals surface area contributed by atoms with E-state index in [1.165, 1.54) is 0 Å². The van der Waals surface area contributed by atoms with Crippen molar-refractivity contribution in [3.63, 3.8) is 0 Å². The maximum atomic E-state index is 7.33. The van der Waals surface area contributed by atoms with Crippen molar-refractivity contribution in [3.8, 4) is 0 Å². The first-order valence-corrected chi connectivity index (χ1v) is 2.68. The summed E-state index contributed by atoms with van der Waals surface area (Å²) in [6, 6.07) is 0. The normalized spacial score (nSPS) is 7.50. The van der Waals surface area contributed by atoms with E-state index in [0.29, 0.717) is 0 Å². The van der Waals surface area contributed by atoms with Crippen molar-refractivity contribution in [3.05, 3.63) is 0 Å². The van der Waals surface area contributed by atoms with Crippen LogP contribution < -0.4 is 0 Å². The summed E-state index contributed by atoms with van der Waals surface area (Å²) in [4.78, 5) is 29.3. The predicted molar refractivity (Wildman–Crippen MR) is 36.1 cm³/mol. The molecule has 38 valence electrons. The van der Waals surface area contributed by atoms with Crippen molar-refractivity contribution >= 4 is 163 Å². The molecule has 0 saturated carbocycles. The summed E-state index contributed by atoms with van der Waals surface area (Å²) in [7, 11) is -4.61. The fourth-order valence-electron chi connectivity index (χ4n) is 0. The molecule has 0 aromatic heterocycles. The molecule has 0 spiro atoms. The molecule has 0 fully saturated rings. The maximum absolute atomic E-state index is 7.33. The molecule has 0 aliphatic heterocycles. The van der Waals surface area contributed by atoms with Crippen molar-refractivity contribution in [2.24, 2.45) is 0 Å². The molecule has 0 unspecified atom stereocenters. The Labute approximate surface area is 176 Å². The van der Waals surface area contributed by atoms with Crippen molar-refractivity contribution in [2.45, 2.75) is 0 Å². The van der Waals surface area contributed by atoms with Gasteiger partial charge in [-0.25, -0.2) is 0 Å². The van der Waals surface area contributed by atoms with Gasteiger partial charge in [0.15, 0.2) is 0 Å². The van der Waals surface area contributed by atoms with E-state index in [2.05, 4.69) is 0 Å². The van der Waals surface area contributed by atoms with Crippen LogP contribution in [0, 0.1) is 0 Å². The molecule has 0 aliphatic rings. The van der Waals surface area contributed by atoms with Gasteiger partial charge in [-0.3, -0.25) is 0 Å². The van der Waals surface area contributed by atoms with E-state index in [9.17, 15) is 0 Å². The summed E-state index contributed by atoms with van der Waals surface area (Å²) in [5.74, 6) is 0. The first-order chi connectivity index (χ1) is 2.00. The number of hydrogen-bond donors (Lipinski definition) is 4. The summed E-state index contributed by atoms with van der Waals surface area (Å²) in [6.07, 6.45) is 0. The van der Waals surface area contributed by atoms with E-state index < -0.39 is 9.05 Å². The Morgan fingerprint density at radius 3 is 0.625 bits per heavy atom. The quantitative estimate of drug-likeness (QED) is 0.308. The molecule has 0 saturated heterocycles. The fourth-order valence-corrected chi connectivity index (χ4v) is 0. The Morgan fingerprint density at radius 2 is 0.625 bits per heavy atom. The van der Waals surface area contributed by atoms with Gasteiger partial charge in [0.2, 0.25) is 0 Å². The molecule has 0 rings (SSSR count). The topological polar surface area (TPSA) is 80.9 Å². The van der Waals surface area contributed by atoms with Crippen LogP contribution in [0.25, 0.3) is 0 Å². The molecule has 8 heavy (non-hydrogen) atoms. The van der Waals surface area contributed by atoms with E-state index in [0.717, 1.165) is 0 Å². The second-order valence-corrected chi connectivity index (χ2v) is 1.80. The van der Waals surface area contributed by atoms with Crippen LogP contribution in [0.4, 0.5) is 0 Å². The molecule has 0 radical (unpaired) electrons. The van der Waals surface area contributed by atoms with Gasteiger partial charge in [-0.2, -0.15) is 0 Å². The molecule has 0 aromatic rings. The molecular formula is H7K3O4Si. The predicted octanol–water partition coefficient (Wildman–Crippen LogP) is -4.55. The summed E-state index contributed by atoms with van der Waals surface area (Å²) in [6.45, 7) is 0. The number of rotatable bonds is 0. The molecule has 4 nitrogen and oxygen atoms in total. The Hall–Kier alpha value is 4.97. The molecule has 8 heteroatoms. The molecule has 0 bridgehead atoms. The van der Waals surface area contributed by atoms with Crippen LogP contribution >= 0.6 is 0 Å². The van der Waals surface area contributed by atoms with Crippen LogP contribution in [0.1, 0.15) is 0 Å². The van der Waals surface area contributed by atoms with Gasteiger partial charge >= 0.3 is 163 Å². The molecule has 0 amide bonds. The van der Waals surface area contributed by atoms with Gasteiger partial charge in [0.1, 0.15) is 0 Å². The van der Waals surface area contributed by atoms with E-state index >= 15 is 0 Å². The van der Waals surface area contributed by atoms with Gasteiger partial charge in [-0.15, -0.1) is 0 Å². The van der Waals surface area contributed by atoms with Crippen LogP contribution in [0.5, 0.6) is 0 Å². The van der Waals surface area contributed by atoms with Crippen LogP contribution in [0.3, 0.4) is 0 Å². The first kappa shape index (κ1) is 23.1. The zero-order chi connectivity index (χ0) is 4.50. The van der Waals surface area contributed by atoms with E-state index in [-0.39, 0.29) is 154 Å². The monoisotopic (exact) mass is 216 g/mol. The molecule has 0 aromatic carbocycles. The molecule has 4 N–H and O–H groups in total. The summed E-state index contributed by atoms with van der Waals surface area (Å²) >= 11 is 0. The number of hydrogen-bond acceptors (Lipinski definition) is 4. The zero-order valence-corrected chi connectivity index (χ0v) is 3.29. The average molecular weight is 216 g/mol. The van der Waals surface area contributed by atoms with Crippen LogP contribution in [0.2, 0.25) is 0 Å². The Morgan fingerprint density at radius 1 is 0.625 bits per heavy atom. The molecule has 0 atom stereocenters. The fraction of sp³-hybridized carbons (Fsp3) is 0. The average Bonchev–Trinajstić information content (AvgIpc) is 0.722. The second kappa shape index (κ2) is 12.0. The zero-order valence-electron chi connectivity index (χ0n) is 2.29. The Balaban J connectivity index is -0.0000000267. The van der Waals surface area contributed by atoms with Gasteiger partial charge in [-0.05, 0) is 0 Å². The first-order valence-electron chi connectivity index (χ1n) is 0.894. The van der Waals surface area contributed by atoms with Gasteiger partial charge in [0.05, 0.1) is 0 Å². The summed E-state index contributed by atoms with van der Waals surface area (Å²) in [5.41, 5.74) is 0. The van der Waals surface area contributed by atoms with E-state index in [1.807, 2.05) is 0 Å². The minimum atomic E-state index is -4.61. The van der Waals surface area contributed by atoms with Crippen molar-refractivity contribution in [1.82, 2.24) is 0 Å². The standard InChI is InChI=1S/3K.H4O4Si.3H/c;;;1-5(2,3)4;;;/h;;;1-4H;;;. The Bertz CT molecular complexity index is 26.8. The SMILES string of the molecule is O[Si](O)(O)O.[KH].[KH].[KH]. The summed E-state index contributed by atoms with van der Waals surface area (Å²) < 4.78 is 0. The molecular weight excluding hydrogens is 209 g/mol. The van der Waals surface area contributed by atoms with Crippen molar-refractivity contribution < 1.29 is 19.2 Å². The Kier molecular flexibility index (Phi) is 34.5. The third-order valence-electron chi connectivity index (χ3n) is 0. The second-order valence-electron chi connectivity index (χ2n) is 0.600. The van der Waals surface area contributed by atoms with Gasteiger partial charge < -0.3 is 19.2 Å².